The van der Waals surface area contributed by atoms with E-state index in [0.717, 1.165) is 17.1 Å². The van der Waals surface area contributed by atoms with Crippen LogP contribution in [0.15, 0.2) is 77.0 Å². The lowest BCUT2D eigenvalue weighted by Gasteiger charge is -2.26. The van der Waals surface area contributed by atoms with Crippen molar-refractivity contribution < 1.29 is 8.98 Å². The topological polar surface area (TPSA) is 20.3 Å². The normalized spacial score (nSPS) is 13.6. The summed E-state index contributed by atoms with van der Waals surface area (Å²) in [5.74, 6) is 1.16. The molecule has 2 aromatic heterocycles. The molecule has 0 saturated heterocycles. The number of fused-ring (bicyclic) bond motifs is 3. The van der Waals surface area contributed by atoms with Gasteiger partial charge in [-0.25, -0.2) is 4.57 Å². The number of para-hydroxylation sites is 1. The number of hydrogen-bond donors (Lipinski definition) is 0. The maximum Gasteiger partial charge on any atom is 0.447 e. The summed E-state index contributed by atoms with van der Waals surface area (Å²) in [6, 6.07) is 21.1. The highest BCUT2D eigenvalue weighted by atomic mass is 16.3. The zero-order valence-electron chi connectivity index (χ0n) is 17.3. The molecular formula is C25H24BN2O+. The largest absolute Gasteiger partial charge is 0.465 e. The number of rotatable bonds is 2. The molecule has 0 unspecified atom stereocenters. The number of nitrogens with zero attached hydrogens (tertiary/aromatic N) is 2. The molecule has 3 nitrogen and oxygen atoms in total. The van der Waals surface area contributed by atoms with Gasteiger partial charge in [0.15, 0.2) is 0 Å². The summed E-state index contributed by atoms with van der Waals surface area (Å²) in [4.78, 5) is 2.37. The minimum Gasteiger partial charge on any atom is -0.465 e. The molecule has 5 rings (SSSR count). The van der Waals surface area contributed by atoms with Crippen LogP contribution < -0.4 is 15.0 Å². The maximum atomic E-state index is 6.27. The summed E-state index contributed by atoms with van der Waals surface area (Å²) in [5.41, 5.74) is 8.18. The number of allylic oxidation sites excluding steroid dienone is 1. The minimum absolute atomic E-state index is 0.121. The molecule has 142 valence electrons. The van der Waals surface area contributed by atoms with Crippen molar-refractivity contribution in [3.8, 4) is 11.1 Å². The number of benzene rings is 2. The van der Waals surface area contributed by atoms with Crippen molar-refractivity contribution in [3.05, 3.63) is 83.7 Å². The smallest absolute Gasteiger partial charge is 0.447 e. The Morgan fingerprint density at radius 2 is 1.69 bits per heavy atom. The summed E-state index contributed by atoms with van der Waals surface area (Å²) in [7, 11) is 2.12. The molecule has 0 saturated carbocycles. The second-order valence-corrected chi connectivity index (χ2v) is 7.91. The van der Waals surface area contributed by atoms with Gasteiger partial charge in [0.05, 0.1) is 18.9 Å². The SMILES string of the molecule is CB1c2oc3ccccc3c2C=C(C)N1c1cc(C)c(-c2ccccc2)c[n+]1C. The standard InChI is InChI=1S/C25H24BN2O/c1-17-14-24(27(4)16-22(17)19-10-6-5-7-11-19)28-18(2)15-21-20-12-8-9-13-23(20)29-25(21)26(28)3/h5-16H,1-4H3/q+1. The third kappa shape index (κ3) is 2.79. The Morgan fingerprint density at radius 1 is 0.966 bits per heavy atom. The van der Waals surface area contributed by atoms with Crippen LogP contribution in [-0.4, -0.2) is 6.85 Å². The number of aromatic nitrogens is 1. The fourth-order valence-electron chi connectivity index (χ4n) is 4.52. The Morgan fingerprint density at radius 3 is 2.48 bits per heavy atom. The molecule has 1 aliphatic rings. The molecule has 0 fully saturated rings. The van der Waals surface area contributed by atoms with Crippen molar-refractivity contribution in [3.63, 3.8) is 0 Å². The lowest BCUT2D eigenvalue weighted by Crippen LogP contribution is -2.52. The van der Waals surface area contributed by atoms with Crippen molar-refractivity contribution in [1.29, 1.82) is 0 Å². The Hall–Kier alpha value is -3.27. The van der Waals surface area contributed by atoms with E-state index in [9.17, 15) is 0 Å². The first-order valence-corrected chi connectivity index (χ1v) is 10.1. The fraction of sp³-hybridized carbons (Fsp3) is 0.160. The Labute approximate surface area is 172 Å². The highest BCUT2D eigenvalue weighted by Crippen LogP contribution is 2.31. The average Bonchev–Trinajstić information content (AvgIpc) is 3.10. The van der Waals surface area contributed by atoms with Crippen molar-refractivity contribution in [2.75, 3.05) is 4.81 Å². The number of pyridine rings is 1. The molecule has 29 heavy (non-hydrogen) atoms. The zero-order chi connectivity index (χ0) is 20.1. The molecule has 3 heterocycles. The van der Waals surface area contributed by atoms with Gasteiger partial charge in [-0.05, 0) is 43.9 Å². The quantitative estimate of drug-likeness (QED) is 0.363. The van der Waals surface area contributed by atoms with Crippen LogP contribution in [0.25, 0.3) is 28.2 Å². The first kappa shape index (κ1) is 17.8. The highest BCUT2D eigenvalue weighted by Gasteiger charge is 2.40. The van der Waals surface area contributed by atoms with E-state index in [1.54, 1.807) is 0 Å². The van der Waals surface area contributed by atoms with Crippen molar-refractivity contribution in [1.82, 2.24) is 0 Å². The van der Waals surface area contributed by atoms with Gasteiger partial charge in [-0.1, -0.05) is 48.5 Å². The van der Waals surface area contributed by atoms with Gasteiger partial charge in [0.1, 0.15) is 11.2 Å². The van der Waals surface area contributed by atoms with E-state index in [-0.39, 0.29) is 6.85 Å². The van der Waals surface area contributed by atoms with Crippen LogP contribution in [0.5, 0.6) is 0 Å². The van der Waals surface area contributed by atoms with Gasteiger partial charge in [-0.3, -0.25) is 4.81 Å². The summed E-state index contributed by atoms with van der Waals surface area (Å²) < 4.78 is 8.49. The highest BCUT2D eigenvalue weighted by molar-refractivity contribution is 6.76. The fourth-order valence-corrected chi connectivity index (χ4v) is 4.52. The van der Waals surface area contributed by atoms with Gasteiger partial charge in [0, 0.05) is 22.6 Å². The number of aryl methyl sites for hydroxylation is 2. The third-order valence-corrected chi connectivity index (χ3v) is 5.95. The molecular weight excluding hydrogens is 355 g/mol. The monoisotopic (exact) mass is 379 g/mol. The van der Waals surface area contributed by atoms with Crippen LogP contribution in [0.4, 0.5) is 5.82 Å². The average molecular weight is 379 g/mol. The maximum absolute atomic E-state index is 6.27. The first-order chi connectivity index (χ1) is 14.0. The molecule has 4 aromatic rings. The molecule has 0 spiro atoms. The van der Waals surface area contributed by atoms with Gasteiger partial charge in [-0.15, -0.1) is 0 Å². The molecule has 1 aliphatic heterocycles. The van der Waals surface area contributed by atoms with Gasteiger partial charge >= 0.3 is 6.85 Å². The van der Waals surface area contributed by atoms with Gasteiger partial charge < -0.3 is 4.42 Å². The zero-order valence-corrected chi connectivity index (χ0v) is 17.3. The van der Waals surface area contributed by atoms with E-state index in [4.69, 9.17) is 4.42 Å². The van der Waals surface area contributed by atoms with E-state index in [1.807, 2.05) is 12.1 Å². The van der Waals surface area contributed by atoms with E-state index < -0.39 is 0 Å². The molecule has 0 amide bonds. The number of hydrogen-bond acceptors (Lipinski definition) is 2. The van der Waals surface area contributed by atoms with Crippen LogP contribution in [0.3, 0.4) is 0 Å². The second kappa shape index (κ2) is 6.66. The van der Waals surface area contributed by atoms with Gasteiger partial charge in [-0.2, -0.15) is 0 Å². The minimum atomic E-state index is 0.121. The van der Waals surface area contributed by atoms with E-state index >= 15 is 0 Å². The lowest BCUT2D eigenvalue weighted by molar-refractivity contribution is -0.657. The molecule has 2 aromatic carbocycles. The predicted octanol–water partition coefficient (Wildman–Crippen LogP) is 4.94. The van der Waals surface area contributed by atoms with E-state index in [1.165, 1.54) is 33.3 Å². The molecule has 0 atom stereocenters. The van der Waals surface area contributed by atoms with E-state index in [0.29, 0.717) is 0 Å². The summed E-state index contributed by atoms with van der Waals surface area (Å²) in [6.45, 7) is 6.71. The summed E-state index contributed by atoms with van der Waals surface area (Å²) in [6.07, 6.45) is 4.48. The van der Waals surface area contributed by atoms with E-state index in [2.05, 4.69) is 97.9 Å². The lowest BCUT2D eigenvalue weighted by atomic mass is 9.57. The summed E-state index contributed by atoms with van der Waals surface area (Å²) >= 11 is 0. The Balaban J connectivity index is 1.62. The molecule has 0 bridgehead atoms. The third-order valence-electron chi connectivity index (χ3n) is 5.95. The van der Waals surface area contributed by atoms with Crippen LogP contribution >= 0.6 is 0 Å². The molecule has 4 heteroatoms. The first-order valence-electron chi connectivity index (χ1n) is 10.1. The molecule has 0 aliphatic carbocycles. The second-order valence-electron chi connectivity index (χ2n) is 7.91. The molecule has 0 N–H and O–H groups in total. The number of anilines is 1. The van der Waals surface area contributed by atoms with Gasteiger partial charge in [0.2, 0.25) is 0 Å². The van der Waals surface area contributed by atoms with Crippen LogP contribution in [-0.2, 0) is 7.05 Å². The number of furan rings is 1. The Bertz CT molecular complexity index is 1260. The van der Waals surface area contributed by atoms with Crippen LogP contribution in [0.1, 0.15) is 18.1 Å². The van der Waals surface area contributed by atoms with Crippen molar-refractivity contribution in [2.24, 2.45) is 7.05 Å². The molecule has 0 radical (unpaired) electrons. The summed E-state index contributed by atoms with van der Waals surface area (Å²) in [5, 5.41) is 1.19. The Kier molecular flexibility index (Phi) is 4.09. The van der Waals surface area contributed by atoms with Crippen molar-refractivity contribution >= 4 is 35.4 Å². The van der Waals surface area contributed by atoms with Crippen molar-refractivity contribution in [2.45, 2.75) is 20.7 Å². The predicted molar refractivity (Wildman–Crippen MR) is 121 cm³/mol. The van der Waals surface area contributed by atoms with Crippen LogP contribution in [0, 0.1) is 6.92 Å². The van der Waals surface area contributed by atoms with Gasteiger partial charge in [0.25, 0.3) is 5.82 Å². The van der Waals surface area contributed by atoms with Crippen LogP contribution in [0.2, 0.25) is 6.82 Å².